The summed E-state index contributed by atoms with van der Waals surface area (Å²) in [6.07, 6.45) is 4.76. The molecule has 0 aromatic heterocycles. The summed E-state index contributed by atoms with van der Waals surface area (Å²) in [6, 6.07) is 1.98. The van der Waals surface area contributed by atoms with Crippen molar-refractivity contribution in [2.24, 2.45) is 0 Å². The molecule has 6 nitrogen and oxygen atoms in total. The van der Waals surface area contributed by atoms with E-state index in [1.165, 1.54) is 0 Å². The van der Waals surface area contributed by atoms with E-state index in [-0.39, 0.29) is 23.7 Å². The number of rotatable bonds is 9. The van der Waals surface area contributed by atoms with Crippen LogP contribution in [0.25, 0.3) is 0 Å². The Hall–Kier alpha value is -1.58. The van der Waals surface area contributed by atoms with E-state index >= 15 is 0 Å². The number of carbonyl (C=O) groups is 1. The van der Waals surface area contributed by atoms with Gasteiger partial charge in [-0.05, 0) is 26.7 Å². The lowest BCUT2D eigenvalue weighted by Crippen LogP contribution is -2.43. The van der Waals surface area contributed by atoms with Crippen LogP contribution in [0.1, 0.15) is 40.0 Å². The molecule has 2 unspecified atom stereocenters. The molecule has 0 aliphatic carbocycles. The van der Waals surface area contributed by atoms with Gasteiger partial charge in [-0.3, -0.25) is 4.79 Å². The largest absolute Gasteiger partial charge is 0.381 e. The SMILES string of the molecule is CCCCOCCCNC(=O)/C(C#N)=C\N1CC(C)OC(C)C1. The quantitative estimate of drug-likeness (QED) is 0.398. The fourth-order valence-electron chi connectivity index (χ4n) is 2.46. The van der Waals surface area contributed by atoms with Crippen molar-refractivity contribution in [3.8, 4) is 6.07 Å². The highest BCUT2D eigenvalue weighted by Crippen LogP contribution is 2.12. The third-order valence-electron chi connectivity index (χ3n) is 3.52. The van der Waals surface area contributed by atoms with Gasteiger partial charge in [-0.25, -0.2) is 0 Å². The molecule has 0 aromatic carbocycles. The van der Waals surface area contributed by atoms with Crippen LogP contribution in [0, 0.1) is 11.3 Å². The van der Waals surface area contributed by atoms with Gasteiger partial charge in [0.1, 0.15) is 11.6 Å². The van der Waals surface area contributed by atoms with Crippen LogP contribution in [0.2, 0.25) is 0 Å². The molecule has 1 fully saturated rings. The van der Waals surface area contributed by atoms with E-state index in [2.05, 4.69) is 12.2 Å². The molecule has 6 heteroatoms. The number of nitrogens with one attached hydrogen (secondary N) is 1. The van der Waals surface area contributed by atoms with Crippen LogP contribution in [0.3, 0.4) is 0 Å². The number of hydrogen-bond acceptors (Lipinski definition) is 5. The van der Waals surface area contributed by atoms with Crippen LogP contribution in [0.5, 0.6) is 0 Å². The number of morpholine rings is 1. The number of ether oxygens (including phenoxy) is 2. The minimum atomic E-state index is -0.326. The Morgan fingerprint density at radius 2 is 2.00 bits per heavy atom. The van der Waals surface area contributed by atoms with E-state index in [4.69, 9.17) is 9.47 Å². The zero-order valence-electron chi connectivity index (χ0n) is 14.5. The summed E-state index contributed by atoms with van der Waals surface area (Å²) < 4.78 is 11.1. The maximum absolute atomic E-state index is 12.0. The standard InChI is InChI=1S/C17H29N3O3/c1-4-5-8-22-9-6-7-19-17(21)16(10-18)13-20-11-14(2)23-15(3)12-20/h13-15H,4-9,11-12H2,1-3H3,(H,19,21)/b16-13-. The predicted molar refractivity (Wildman–Crippen MR) is 88.6 cm³/mol. The minimum absolute atomic E-state index is 0.0956. The van der Waals surface area contributed by atoms with Gasteiger partial charge in [0.15, 0.2) is 0 Å². The highest BCUT2D eigenvalue weighted by Gasteiger charge is 2.21. The van der Waals surface area contributed by atoms with Crippen molar-refractivity contribution in [3.63, 3.8) is 0 Å². The molecule has 0 saturated carbocycles. The Bertz CT molecular complexity index is 421. The van der Waals surface area contributed by atoms with Gasteiger partial charge < -0.3 is 19.7 Å². The molecule has 1 rings (SSSR count). The minimum Gasteiger partial charge on any atom is -0.381 e. The van der Waals surface area contributed by atoms with Gasteiger partial charge in [0.05, 0.1) is 12.2 Å². The maximum atomic E-state index is 12.0. The smallest absolute Gasteiger partial charge is 0.263 e. The average molecular weight is 323 g/mol. The van der Waals surface area contributed by atoms with Gasteiger partial charge in [-0.1, -0.05) is 13.3 Å². The van der Waals surface area contributed by atoms with Gasteiger partial charge in [-0.2, -0.15) is 5.26 Å². The first kappa shape index (κ1) is 19.5. The lowest BCUT2D eigenvalue weighted by atomic mass is 10.2. The van der Waals surface area contributed by atoms with Crippen LogP contribution >= 0.6 is 0 Å². The molecule has 0 spiro atoms. The van der Waals surface area contributed by atoms with Crippen molar-refractivity contribution in [3.05, 3.63) is 11.8 Å². The number of amides is 1. The average Bonchev–Trinajstić information content (AvgIpc) is 2.50. The Balaban J connectivity index is 2.34. The Morgan fingerprint density at radius 3 is 2.61 bits per heavy atom. The molecule has 0 aromatic rings. The number of nitrogens with zero attached hydrogens (tertiary/aromatic N) is 2. The van der Waals surface area contributed by atoms with Gasteiger partial charge in [-0.15, -0.1) is 0 Å². The molecule has 2 atom stereocenters. The first-order chi connectivity index (χ1) is 11.1. The summed E-state index contributed by atoms with van der Waals surface area (Å²) in [5.74, 6) is -0.326. The lowest BCUT2D eigenvalue weighted by molar-refractivity contribution is -0.117. The second-order valence-corrected chi connectivity index (χ2v) is 5.94. The van der Waals surface area contributed by atoms with Gasteiger partial charge >= 0.3 is 0 Å². The van der Waals surface area contributed by atoms with Gasteiger partial charge in [0.2, 0.25) is 0 Å². The molecule has 23 heavy (non-hydrogen) atoms. The number of carbonyl (C=O) groups excluding carboxylic acids is 1. The Labute approximate surface area is 139 Å². The van der Waals surface area contributed by atoms with E-state index < -0.39 is 0 Å². The van der Waals surface area contributed by atoms with E-state index in [1.807, 2.05) is 24.8 Å². The predicted octanol–water partition coefficient (Wildman–Crippen LogP) is 1.83. The fraction of sp³-hybridized carbons (Fsp3) is 0.765. The molecule has 1 amide bonds. The number of hydrogen-bond donors (Lipinski definition) is 1. The highest BCUT2D eigenvalue weighted by molar-refractivity contribution is 5.97. The fourth-order valence-corrected chi connectivity index (χ4v) is 2.46. The van der Waals surface area contributed by atoms with E-state index in [9.17, 15) is 10.1 Å². The first-order valence-corrected chi connectivity index (χ1v) is 8.44. The zero-order chi connectivity index (χ0) is 17.1. The van der Waals surface area contributed by atoms with E-state index in [0.717, 1.165) is 25.9 Å². The van der Waals surface area contributed by atoms with Gasteiger partial charge in [0, 0.05) is 39.0 Å². The zero-order valence-corrected chi connectivity index (χ0v) is 14.5. The molecule has 1 N–H and O–H groups in total. The normalized spacial score (nSPS) is 21.8. The summed E-state index contributed by atoms with van der Waals surface area (Å²) in [5, 5.41) is 12.0. The van der Waals surface area contributed by atoms with Crippen molar-refractivity contribution in [1.29, 1.82) is 5.26 Å². The number of unbranched alkanes of at least 4 members (excludes halogenated alkanes) is 1. The molecule has 1 aliphatic heterocycles. The summed E-state index contributed by atoms with van der Waals surface area (Å²) in [7, 11) is 0. The van der Waals surface area contributed by atoms with Crippen molar-refractivity contribution in [1.82, 2.24) is 10.2 Å². The molecular formula is C17H29N3O3. The molecule has 1 aliphatic rings. The summed E-state index contributed by atoms with van der Waals surface area (Å²) in [4.78, 5) is 14.0. The summed E-state index contributed by atoms with van der Waals surface area (Å²) >= 11 is 0. The lowest BCUT2D eigenvalue weighted by Gasteiger charge is -2.34. The molecule has 0 bridgehead atoms. The highest BCUT2D eigenvalue weighted by atomic mass is 16.5. The van der Waals surface area contributed by atoms with Crippen molar-refractivity contribution < 1.29 is 14.3 Å². The molecule has 0 radical (unpaired) electrons. The Kier molecular flexibility index (Phi) is 9.34. The van der Waals surface area contributed by atoms with E-state index in [0.29, 0.717) is 26.2 Å². The van der Waals surface area contributed by atoms with Crippen LogP contribution in [-0.4, -0.2) is 55.9 Å². The van der Waals surface area contributed by atoms with Crippen LogP contribution in [-0.2, 0) is 14.3 Å². The third kappa shape index (κ3) is 8.00. The van der Waals surface area contributed by atoms with E-state index in [1.54, 1.807) is 6.20 Å². The van der Waals surface area contributed by atoms with Crippen LogP contribution < -0.4 is 5.32 Å². The van der Waals surface area contributed by atoms with Crippen LogP contribution in [0.15, 0.2) is 11.8 Å². The number of nitriles is 1. The van der Waals surface area contributed by atoms with Crippen molar-refractivity contribution >= 4 is 5.91 Å². The third-order valence-corrected chi connectivity index (χ3v) is 3.52. The first-order valence-electron chi connectivity index (χ1n) is 8.44. The second-order valence-electron chi connectivity index (χ2n) is 5.94. The van der Waals surface area contributed by atoms with Gasteiger partial charge in [0.25, 0.3) is 5.91 Å². The molecule has 130 valence electrons. The summed E-state index contributed by atoms with van der Waals surface area (Å²) in [6.45, 7) is 9.38. The van der Waals surface area contributed by atoms with Crippen molar-refractivity contribution in [2.45, 2.75) is 52.2 Å². The maximum Gasteiger partial charge on any atom is 0.263 e. The second kappa shape index (κ2) is 11.0. The monoisotopic (exact) mass is 323 g/mol. The molecule has 1 saturated heterocycles. The summed E-state index contributed by atoms with van der Waals surface area (Å²) in [5.41, 5.74) is 0.137. The van der Waals surface area contributed by atoms with Crippen molar-refractivity contribution in [2.75, 3.05) is 32.8 Å². The molecular weight excluding hydrogens is 294 g/mol. The Morgan fingerprint density at radius 1 is 1.35 bits per heavy atom. The molecule has 1 heterocycles. The topological polar surface area (TPSA) is 74.6 Å². The van der Waals surface area contributed by atoms with Crippen LogP contribution in [0.4, 0.5) is 0 Å².